The monoisotopic (exact) mass is 315 g/mol. The van der Waals surface area contributed by atoms with Gasteiger partial charge in [-0.2, -0.15) is 13.2 Å². The molecule has 1 nitrogen and oxygen atoms in total. The molecule has 0 saturated carbocycles. The molecule has 1 aromatic carbocycles. The molecule has 0 spiro atoms. The van der Waals surface area contributed by atoms with Gasteiger partial charge in [-0.25, -0.2) is 0 Å². The fraction of sp³-hybridized carbons (Fsp3) is 0.667. The molecule has 0 radical (unpaired) electrons. The van der Waals surface area contributed by atoms with Crippen molar-refractivity contribution in [3.8, 4) is 0 Å². The molecule has 0 heterocycles. The van der Waals surface area contributed by atoms with Crippen molar-refractivity contribution in [1.29, 1.82) is 0 Å². The van der Waals surface area contributed by atoms with Crippen molar-refractivity contribution in [3.05, 3.63) is 34.9 Å². The van der Waals surface area contributed by atoms with Crippen LogP contribution in [0.3, 0.4) is 0 Å². The van der Waals surface area contributed by atoms with Crippen LogP contribution in [0.5, 0.6) is 0 Å². The first-order valence-corrected chi connectivity index (χ1v) is 7.79. The van der Waals surface area contributed by atoms with Gasteiger partial charge in [-0.3, -0.25) is 0 Å². The number of aryl methyl sites for hydroxylation is 1. The van der Waals surface area contributed by atoms with Crippen LogP contribution in [0, 0.1) is 0 Å². The Morgan fingerprint density at radius 1 is 1.00 bits per heavy atom. The maximum Gasteiger partial charge on any atom is 0.416 e. The molecule has 1 atom stereocenters. The molecule has 0 aliphatic carbocycles. The van der Waals surface area contributed by atoms with E-state index in [1.54, 1.807) is 0 Å². The van der Waals surface area contributed by atoms with E-state index in [4.69, 9.17) is 0 Å². The SMILES string of the molecule is C[C@@H](CCCc1cc(C(C)(C)C)cc(C(F)(F)F)c1)N(C)C. The maximum atomic E-state index is 13.1. The quantitative estimate of drug-likeness (QED) is 0.715. The first-order chi connectivity index (χ1) is 9.91. The summed E-state index contributed by atoms with van der Waals surface area (Å²) >= 11 is 0. The van der Waals surface area contributed by atoms with E-state index in [2.05, 4.69) is 11.8 Å². The van der Waals surface area contributed by atoms with E-state index in [-0.39, 0.29) is 5.41 Å². The van der Waals surface area contributed by atoms with E-state index in [1.165, 1.54) is 12.1 Å². The van der Waals surface area contributed by atoms with Crippen molar-refractivity contribution < 1.29 is 13.2 Å². The lowest BCUT2D eigenvalue weighted by atomic mass is 9.84. The van der Waals surface area contributed by atoms with Gasteiger partial charge in [0.1, 0.15) is 0 Å². The lowest BCUT2D eigenvalue weighted by Crippen LogP contribution is -2.24. The van der Waals surface area contributed by atoms with Gasteiger partial charge in [0.05, 0.1) is 5.56 Å². The summed E-state index contributed by atoms with van der Waals surface area (Å²) in [7, 11) is 4.04. The second-order valence-electron chi connectivity index (χ2n) is 7.37. The highest BCUT2D eigenvalue weighted by Gasteiger charge is 2.32. The molecular weight excluding hydrogens is 287 g/mol. The normalized spacial score (nSPS) is 14.5. The summed E-state index contributed by atoms with van der Waals surface area (Å²) in [4.78, 5) is 2.13. The highest BCUT2D eigenvalue weighted by atomic mass is 19.4. The van der Waals surface area contributed by atoms with Crippen LogP contribution in [0.4, 0.5) is 13.2 Å². The third-order valence-corrected chi connectivity index (χ3v) is 4.16. The van der Waals surface area contributed by atoms with Crippen LogP contribution in [0.2, 0.25) is 0 Å². The molecular formula is C18H28F3N. The Morgan fingerprint density at radius 2 is 1.55 bits per heavy atom. The van der Waals surface area contributed by atoms with E-state index in [0.717, 1.165) is 24.0 Å². The zero-order chi connectivity index (χ0) is 17.1. The molecule has 0 aliphatic rings. The number of nitrogens with zero attached hydrogens (tertiary/aromatic N) is 1. The Bertz CT molecular complexity index is 452. The average Bonchev–Trinajstić information content (AvgIpc) is 2.36. The van der Waals surface area contributed by atoms with Gasteiger partial charge in [0.25, 0.3) is 0 Å². The Hall–Kier alpha value is -1.03. The minimum Gasteiger partial charge on any atom is -0.307 e. The molecule has 0 amide bonds. The van der Waals surface area contributed by atoms with Crippen molar-refractivity contribution in [2.75, 3.05) is 14.1 Å². The highest BCUT2D eigenvalue weighted by Crippen LogP contribution is 2.34. The summed E-state index contributed by atoms with van der Waals surface area (Å²) in [5.74, 6) is 0. The van der Waals surface area contributed by atoms with E-state index in [9.17, 15) is 13.2 Å². The number of benzene rings is 1. The van der Waals surface area contributed by atoms with E-state index >= 15 is 0 Å². The van der Waals surface area contributed by atoms with Gasteiger partial charge in [-0.15, -0.1) is 0 Å². The molecule has 0 aliphatic heterocycles. The van der Waals surface area contributed by atoms with Crippen LogP contribution in [-0.2, 0) is 18.0 Å². The Kier molecular flexibility index (Phi) is 6.08. The minimum absolute atomic E-state index is 0.285. The predicted octanol–water partition coefficient (Wildman–Crippen LogP) is 5.28. The van der Waals surface area contributed by atoms with Crippen molar-refractivity contribution in [1.82, 2.24) is 4.90 Å². The van der Waals surface area contributed by atoms with Gasteiger partial charge >= 0.3 is 6.18 Å². The molecule has 0 bridgehead atoms. The minimum atomic E-state index is -4.28. The third-order valence-electron chi connectivity index (χ3n) is 4.16. The van der Waals surface area contributed by atoms with E-state index in [0.29, 0.717) is 12.5 Å². The Labute approximate surface area is 132 Å². The number of halogens is 3. The molecule has 0 aromatic heterocycles. The maximum absolute atomic E-state index is 13.1. The summed E-state index contributed by atoms with van der Waals surface area (Å²) in [5.41, 5.74) is 0.715. The van der Waals surface area contributed by atoms with E-state index < -0.39 is 11.7 Å². The average molecular weight is 315 g/mol. The molecule has 0 fully saturated rings. The molecule has 0 saturated heterocycles. The number of hydrogen-bond donors (Lipinski definition) is 0. The van der Waals surface area contributed by atoms with Crippen LogP contribution in [0.15, 0.2) is 18.2 Å². The van der Waals surface area contributed by atoms with Gasteiger partial charge in [0, 0.05) is 6.04 Å². The van der Waals surface area contributed by atoms with Gasteiger partial charge in [0.2, 0.25) is 0 Å². The van der Waals surface area contributed by atoms with Crippen molar-refractivity contribution in [2.24, 2.45) is 0 Å². The topological polar surface area (TPSA) is 3.24 Å². The predicted molar refractivity (Wildman–Crippen MR) is 86.2 cm³/mol. The molecule has 0 N–H and O–H groups in total. The van der Waals surface area contributed by atoms with Gasteiger partial charge < -0.3 is 4.90 Å². The second kappa shape index (κ2) is 7.03. The van der Waals surface area contributed by atoms with Gasteiger partial charge in [-0.05, 0) is 69.0 Å². The third kappa shape index (κ3) is 5.64. The van der Waals surface area contributed by atoms with E-state index in [1.807, 2.05) is 40.9 Å². The lowest BCUT2D eigenvalue weighted by Gasteiger charge is -2.23. The zero-order valence-electron chi connectivity index (χ0n) is 14.5. The van der Waals surface area contributed by atoms with Crippen molar-refractivity contribution in [3.63, 3.8) is 0 Å². The molecule has 4 heteroatoms. The fourth-order valence-electron chi connectivity index (χ4n) is 2.29. The summed E-state index contributed by atoms with van der Waals surface area (Å²) in [6.45, 7) is 7.97. The number of hydrogen-bond acceptors (Lipinski definition) is 1. The second-order valence-corrected chi connectivity index (χ2v) is 7.37. The molecule has 126 valence electrons. The summed E-state index contributed by atoms with van der Waals surface area (Å²) in [6, 6.07) is 4.95. The highest BCUT2D eigenvalue weighted by molar-refractivity contribution is 5.35. The smallest absolute Gasteiger partial charge is 0.307 e. The van der Waals surface area contributed by atoms with Crippen molar-refractivity contribution >= 4 is 0 Å². The fourth-order valence-corrected chi connectivity index (χ4v) is 2.29. The van der Waals surface area contributed by atoms with Crippen LogP contribution >= 0.6 is 0 Å². The molecule has 0 unspecified atom stereocenters. The molecule has 1 rings (SSSR count). The van der Waals surface area contributed by atoms with Gasteiger partial charge in [-0.1, -0.05) is 26.8 Å². The first kappa shape index (κ1) is 19.0. The van der Waals surface area contributed by atoms with Gasteiger partial charge in [0.15, 0.2) is 0 Å². The van der Waals surface area contributed by atoms with Crippen LogP contribution in [0.25, 0.3) is 0 Å². The van der Waals surface area contributed by atoms with Crippen LogP contribution < -0.4 is 0 Å². The Balaban J connectivity index is 2.94. The summed E-state index contributed by atoms with van der Waals surface area (Å²) in [5, 5.41) is 0. The summed E-state index contributed by atoms with van der Waals surface area (Å²) < 4.78 is 39.3. The summed E-state index contributed by atoms with van der Waals surface area (Å²) in [6.07, 6.45) is -1.73. The number of alkyl halides is 3. The first-order valence-electron chi connectivity index (χ1n) is 7.79. The Morgan fingerprint density at radius 3 is 2.00 bits per heavy atom. The zero-order valence-corrected chi connectivity index (χ0v) is 14.5. The largest absolute Gasteiger partial charge is 0.416 e. The molecule has 22 heavy (non-hydrogen) atoms. The standard InChI is InChI=1S/C18H28F3N/c1-13(22(5)6)8-7-9-14-10-15(17(2,3)4)12-16(11-14)18(19,20)21/h10-13H,7-9H2,1-6H3/t13-/m0/s1. The van der Waals surface area contributed by atoms with Crippen LogP contribution in [-0.4, -0.2) is 25.0 Å². The number of rotatable bonds is 5. The lowest BCUT2D eigenvalue weighted by molar-refractivity contribution is -0.137. The molecule has 1 aromatic rings. The van der Waals surface area contributed by atoms with Crippen molar-refractivity contribution in [2.45, 2.75) is 64.6 Å². The van der Waals surface area contributed by atoms with Crippen LogP contribution in [0.1, 0.15) is 57.2 Å².